The van der Waals surface area contributed by atoms with Gasteiger partial charge in [-0.15, -0.1) is 0 Å². The second kappa shape index (κ2) is 7.53. The van der Waals surface area contributed by atoms with Gasteiger partial charge in [0, 0.05) is 25.0 Å². The molecular weight excluding hydrogens is 392 g/mol. The Hall–Kier alpha value is -2.84. The summed E-state index contributed by atoms with van der Waals surface area (Å²) in [5.41, 5.74) is 0.901. The van der Waals surface area contributed by atoms with E-state index in [2.05, 4.69) is 11.8 Å². The summed E-state index contributed by atoms with van der Waals surface area (Å²) in [4.78, 5) is 13.6. The molecule has 1 aliphatic rings. The van der Waals surface area contributed by atoms with Crippen molar-refractivity contribution in [3.8, 4) is 5.75 Å². The number of anilines is 1. The summed E-state index contributed by atoms with van der Waals surface area (Å²) in [5, 5.41) is 0.555. The SMILES string of the molecule is CCN1CC(CN(C)S(=O)(=O)c2ccc3oc(=O)ccc3c2)Oc2ccccc21. The summed E-state index contributed by atoms with van der Waals surface area (Å²) in [5.74, 6) is 0.761. The van der Waals surface area contributed by atoms with Gasteiger partial charge in [-0.3, -0.25) is 0 Å². The van der Waals surface area contributed by atoms with Gasteiger partial charge in [0.15, 0.2) is 0 Å². The fourth-order valence-electron chi connectivity index (χ4n) is 3.55. The molecule has 1 aliphatic heterocycles. The fraction of sp³-hybridized carbons (Fsp3) is 0.286. The van der Waals surface area contributed by atoms with Crippen LogP contribution in [0, 0.1) is 0 Å². The first-order chi connectivity index (χ1) is 13.9. The molecule has 3 aromatic rings. The van der Waals surface area contributed by atoms with Gasteiger partial charge in [-0.1, -0.05) is 12.1 Å². The Balaban J connectivity index is 1.57. The lowest BCUT2D eigenvalue weighted by atomic mass is 10.2. The van der Waals surface area contributed by atoms with Crippen LogP contribution >= 0.6 is 0 Å². The van der Waals surface area contributed by atoms with Crippen LogP contribution in [0.3, 0.4) is 0 Å². The van der Waals surface area contributed by atoms with Gasteiger partial charge < -0.3 is 14.1 Å². The van der Waals surface area contributed by atoms with Crippen LogP contribution in [0.1, 0.15) is 6.92 Å². The van der Waals surface area contributed by atoms with Crippen molar-refractivity contribution >= 4 is 26.7 Å². The normalized spacial score (nSPS) is 16.7. The zero-order valence-electron chi connectivity index (χ0n) is 16.2. The van der Waals surface area contributed by atoms with Gasteiger partial charge in [-0.05, 0) is 43.3 Å². The van der Waals surface area contributed by atoms with Crippen molar-refractivity contribution in [2.75, 3.05) is 31.6 Å². The Morgan fingerprint density at radius 3 is 2.72 bits per heavy atom. The average molecular weight is 414 g/mol. The smallest absolute Gasteiger partial charge is 0.336 e. The minimum Gasteiger partial charge on any atom is -0.485 e. The van der Waals surface area contributed by atoms with Gasteiger partial charge in [0.25, 0.3) is 0 Å². The maximum absolute atomic E-state index is 13.1. The second-order valence-electron chi connectivity index (χ2n) is 6.99. The van der Waals surface area contributed by atoms with Crippen LogP contribution in [0.5, 0.6) is 5.75 Å². The summed E-state index contributed by atoms with van der Waals surface area (Å²) >= 11 is 0. The molecule has 1 aromatic heterocycles. The van der Waals surface area contributed by atoms with Gasteiger partial charge in [0.05, 0.1) is 23.7 Å². The van der Waals surface area contributed by atoms with E-state index in [0.717, 1.165) is 18.0 Å². The Bertz CT molecular complexity index is 1200. The lowest BCUT2D eigenvalue weighted by Crippen LogP contribution is -2.46. The third kappa shape index (κ3) is 3.73. The van der Waals surface area contributed by atoms with E-state index in [1.165, 1.54) is 28.6 Å². The van der Waals surface area contributed by atoms with Crippen LogP contribution in [0.15, 0.2) is 68.7 Å². The number of hydrogen-bond acceptors (Lipinski definition) is 6. The highest BCUT2D eigenvalue weighted by Gasteiger charge is 2.30. The van der Waals surface area contributed by atoms with E-state index in [4.69, 9.17) is 9.15 Å². The molecule has 152 valence electrons. The zero-order valence-corrected chi connectivity index (χ0v) is 17.1. The first-order valence-electron chi connectivity index (χ1n) is 9.39. The molecule has 0 amide bonds. The molecule has 0 spiro atoms. The molecule has 2 heterocycles. The van der Waals surface area contributed by atoms with Crippen LogP contribution in [0.25, 0.3) is 11.0 Å². The molecule has 8 heteroatoms. The number of sulfonamides is 1. The number of rotatable bonds is 5. The predicted octanol–water partition coefficient (Wildman–Crippen LogP) is 2.70. The highest BCUT2D eigenvalue weighted by molar-refractivity contribution is 7.89. The standard InChI is InChI=1S/C21H22N2O5S/c1-3-23-14-16(27-20-7-5-4-6-18(20)23)13-22(2)29(25,26)17-9-10-19-15(12-17)8-11-21(24)28-19/h4-12,16H,3,13-14H2,1-2H3. The van der Waals surface area contributed by atoms with Crippen molar-refractivity contribution in [3.63, 3.8) is 0 Å². The molecule has 0 saturated heterocycles. The van der Waals surface area contributed by atoms with Crippen molar-refractivity contribution in [2.24, 2.45) is 0 Å². The number of likely N-dealkylation sites (N-methyl/N-ethyl adjacent to an activating group) is 2. The van der Waals surface area contributed by atoms with Crippen LogP contribution in [-0.2, 0) is 10.0 Å². The lowest BCUT2D eigenvalue weighted by molar-refractivity contribution is 0.171. The van der Waals surface area contributed by atoms with E-state index in [0.29, 0.717) is 17.5 Å². The number of benzene rings is 2. The minimum absolute atomic E-state index is 0.143. The van der Waals surface area contributed by atoms with Crippen molar-refractivity contribution in [1.29, 1.82) is 0 Å². The number of nitrogens with zero attached hydrogens (tertiary/aromatic N) is 2. The van der Waals surface area contributed by atoms with E-state index in [1.54, 1.807) is 13.1 Å². The summed E-state index contributed by atoms with van der Waals surface area (Å²) in [6.07, 6.45) is -0.289. The minimum atomic E-state index is -3.73. The average Bonchev–Trinajstić information content (AvgIpc) is 2.72. The number of para-hydroxylation sites is 2. The Morgan fingerprint density at radius 2 is 1.93 bits per heavy atom. The number of fused-ring (bicyclic) bond motifs is 2. The molecule has 2 aromatic carbocycles. The maximum atomic E-state index is 13.1. The zero-order chi connectivity index (χ0) is 20.6. The number of hydrogen-bond donors (Lipinski definition) is 0. The molecule has 0 bridgehead atoms. The summed E-state index contributed by atoms with van der Waals surface area (Å²) in [6.45, 7) is 3.70. The highest BCUT2D eigenvalue weighted by atomic mass is 32.2. The molecular formula is C21H22N2O5S. The van der Waals surface area contributed by atoms with E-state index in [-0.39, 0.29) is 17.5 Å². The summed E-state index contributed by atoms with van der Waals surface area (Å²) < 4.78 is 38.6. The van der Waals surface area contributed by atoms with E-state index >= 15 is 0 Å². The van der Waals surface area contributed by atoms with E-state index in [9.17, 15) is 13.2 Å². The third-order valence-corrected chi connectivity index (χ3v) is 6.88. The van der Waals surface area contributed by atoms with Gasteiger partial charge in [0.2, 0.25) is 10.0 Å². The van der Waals surface area contributed by atoms with Gasteiger partial charge in [-0.2, -0.15) is 4.31 Å². The third-order valence-electron chi connectivity index (χ3n) is 5.07. The van der Waals surface area contributed by atoms with Crippen LogP contribution in [0.2, 0.25) is 0 Å². The molecule has 29 heavy (non-hydrogen) atoms. The van der Waals surface area contributed by atoms with Crippen LogP contribution < -0.4 is 15.3 Å². The monoisotopic (exact) mass is 414 g/mol. The highest BCUT2D eigenvalue weighted by Crippen LogP contribution is 2.33. The first-order valence-corrected chi connectivity index (χ1v) is 10.8. The van der Waals surface area contributed by atoms with Crippen LogP contribution in [-0.4, -0.2) is 45.5 Å². The van der Waals surface area contributed by atoms with E-state index in [1.807, 2.05) is 24.3 Å². The van der Waals surface area contributed by atoms with Crippen LogP contribution in [0.4, 0.5) is 5.69 Å². The Kier molecular flexibility index (Phi) is 5.06. The second-order valence-corrected chi connectivity index (χ2v) is 9.03. The van der Waals surface area contributed by atoms with Crippen molar-refractivity contribution in [1.82, 2.24) is 4.31 Å². The predicted molar refractivity (Wildman–Crippen MR) is 111 cm³/mol. The quantitative estimate of drug-likeness (QED) is 0.597. The Labute approximate surface area is 169 Å². The molecule has 7 nitrogen and oxygen atoms in total. The largest absolute Gasteiger partial charge is 0.485 e. The van der Waals surface area contributed by atoms with Gasteiger partial charge in [0.1, 0.15) is 17.4 Å². The molecule has 0 N–H and O–H groups in total. The van der Waals surface area contributed by atoms with Crippen molar-refractivity contribution < 1.29 is 17.6 Å². The molecule has 0 aliphatic carbocycles. The topological polar surface area (TPSA) is 80.1 Å². The van der Waals surface area contributed by atoms with E-state index < -0.39 is 15.6 Å². The van der Waals surface area contributed by atoms with Gasteiger partial charge >= 0.3 is 5.63 Å². The van der Waals surface area contributed by atoms with Gasteiger partial charge in [-0.25, -0.2) is 13.2 Å². The maximum Gasteiger partial charge on any atom is 0.336 e. The molecule has 0 saturated carbocycles. The van der Waals surface area contributed by atoms with Crippen molar-refractivity contribution in [2.45, 2.75) is 17.9 Å². The summed E-state index contributed by atoms with van der Waals surface area (Å²) in [6, 6.07) is 15.1. The fourth-order valence-corrected chi connectivity index (χ4v) is 4.79. The molecule has 4 rings (SSSR count). The molecule has 1 atom stereocenters. The number of ether oxygens (including phenoxy) is 1. The summed E-state index contributed by atoms with van der Waals surface area (Å²) in [7, 11) is -2.18. The molecule has 0 radical (unpaired) electrons. The molecule has 1 unspecified atom stereocenters. The lowest BCUT2D eigenvalue weighted by Gasteiger charge is -2.37. The molecule has 0 fully saturated rings. The first kappa shape index (κ1) is 19.5. The Morgan fingerprint density at radius 1 is 1.14 bits per heavy atom. The van der Waals surface area contributed by atoms with Crippen molar-refractivity contribution in [3.05, 3.63) is 65.0 Å².